The van der Waals surface area contributed by atoms with Gasteiger partial charge >= 0.3 is 12.4 Å². The second kappa shape index (κ2) is 7.31. The molecule has 2 amide bonds. The lowest BCUT2D eigenvalue weighted by atomic mass is 9.99. The SMILES string of the molecule is O=C1CN1c1cc(-c2ccc(-c3cc(C(F)(F)F)cc(C(F)(F)F)c3)cn2)cc(N2CC2=O)c1. The minimum Gasteiger partial charge on any atom is -0.301 e. The van der Waals surface area contributed by atoms with Crippen LogP contribution >= 0.6 is 0 Å². The lowest BCUT2D eigenvalue weighted by molar-refractivity contribution is -0.143. The molecular formula is C23H13F6N3O2. The summed E-state index contributed by atoms with van der Waals surface area (Å²) in [5, 5.41) is 0. The maximum Gasteiger partial charge on any atom is 0.416 e. The van der Waals surface area contributed by atoms with E-state index in [0.717, 1.165) is 0 Å². The molecule has 0 saturated carbocycles. The third-order valence-corrected chi connectivity index (χ3v) is 5.49. The average Bonchev–Trinajstić information content (AvgIpc) is 3.69. The quantitative estimate of drug-likeness (QED) is 0.386. The molecule has 1 aromatic heterocycles. The molecule has 0 atom stereocenters. The van der Waals surface area contributed by atoms with Crippen LogP contribution in [-0.4, -0.2) is 29.9 Å². The number of benzene rings is 2. The molecule has 0 radical (unpaired) electrons. The summed E-state index contributed by atoms with van der Waals surface area (Å²) in [6, 6.07) is 9.23. The van der Waals surface area contributed by atoms with Crippen molar-refractivity contribution in [1.29, 1.82) is 0 Å². The van der Waals surface area contributed by atoms with Crippen molar-refractivity contribution in [2.24, 2.45) is 0 Å². The molecule has 2 aromatic carbocycles. The zero-order valence-corrected chi connectivity index (χ0v) is 17.0. The summed E-state index contributed by atoms with van der Waals surface area (Å²) in [5.74, 6) is -0.179. The van der Waals surface area contributed by atoms with E-state index >= 15 is 0 Å². The Labute approximate surface area is 188 Å². The van der Waals surface area contributed by atoms with Crippen molar-refractivity contribution in [1.82, 2.24) is 4.98 Å². The van der Waals surface area contributed by atoms with Gasteiger partial charge in [0.1, 0.15) is 13.1 Å². The molecule has 5 nitrogen and oxygen atoms in total. The van der Waals surface area contributed by atoms with E-state index in [4.69, 9.17) is 0 Å². The van der Waals surface area contributed by atoms with Crippen molar-refractivity contribution in [2.45, 2.75) is 12.4 Å². The largest absolute Gasteiger partial charge is 0.416 e. The van der Waals surface area contributed by atoms with Crippen molar-refractivity contribution in [3.63, 3.8) is 0 Å². The standard InChI is InChI=1S/C23H13F6N3O2/c24-22(25,26)15-3-13(4-16(7-15)23(27,28)29)12-1-2-19(30-9-12)14-5-17(31-10-20(31)33)8-18(6-14)32-11-21(32)34/h1-9H,10-11H2. The molecule has 0 aliphatic carbocycles. The predicted octanol–water partition coefficient (Wildman–Crippen LogP) is 5.15. The maximum atomic E-state index is 13.2. The first-order valence-electron chi connectivity index (χ1n) is 9.92. The molecule has 0 N–H and O–H groups in total. The number of rotatable bonds is 4. The van der Waals surface area contributed by atoms with Gasteiger partial charge in [-0.1, -0.05) is 6.07 Å². The van der Waals surface area contributed by atoms with E-state index < -0.39 is 23.5 Å². The van der Waals surface area contributed by atoms with E-state index in [0.29, 0.717) is 34.8 Å². The van der Waals surface area contributed by atoms with Crippen molar-refractivity contribution in [2.75, 3.05) is 22.9 Å². The first-order chi connectivity index (χ1) is 15.9. The van der Waals surface area contributed by atoms with Gasteiger partial charge in [0, 0.05) is 28.7 Å². The van der Waals surface area contributed by atoms with Crippen LogP contribution in [0.2, 0.25) is 0 Å². The molecule has 2 aliphatic rings. The van der Waals surface area contributed by atoms with E-state index in [1.807, 2.05) is 0 Å². The number of aromatic nitrogens is 1. The number of anilines is 2. The second-order valence-corrected chi connectivity index (χ2v) is 7.92. The van der Waals surface area contributed by atoms with Gasteiger partial charge in [-0.2, -0.15) is 26.3 Å². The Morgan fingerprint density at radius 3 is 1.53 bits per heavy atom. The fourth-order valence-electron chi connectivity index (χ4n) is 3.58. The summed E-state index contributed by atoms with van der Waals surface area (Å²) >= 11 is 0. The van der Waals surface area contributed by atoms with E-state index in [1.165, 1.54) is 28.1 Å². The summed E-state index contributed by atoms with van der Waals surface area (Å²) in [6.07, 6.45) is -8.72. The summed E-state index contributed by atoms with van der Waals surface area (Å²) in [6.45, 7) is 0.473. The molecule has 0 spiro atoms. The lowest BCUT2D eigenvalue weighted by Crippen LogP contribution is -2.11. The fraction of sp³-hybridized carbons (Fsp3) is 0.174. The Hall–Kier alpha value is -3.89. The second-order valence-electron chi connectivity index (χ2n) is 7.92. The van der Waals surface area contributed by atoms with Gasteiger partial charge in [0.2, 0.25) is 11.8 Å². The van der Waals surface area contributed by atoms with E-state index in [1.54, 1.807) is 18.2 Å². The van der Waals surface area contributed by atoms with Gasteiger partial charge in [-0.3, -0.25) is 14.6 Å². The normalized spacial score (nSPS) is 15.7. The number of hydrogen-bond donors (Lipinski definition) is 0. The van der Waals surface area contributed by atoms with Crippen molar-refractivity contribution < 1.29 is 35.9 Å². The Balaban J connectivity index is 1.53. The fourth-order valence-corrected chi connectivity index (χ4v) is 3.58. The number of alkyl halides is 6. The molecule has 3 heterocycles. The van der Waals surface area contributed by atoms with Crippen molar-refractivity contribution in [3.8, 4) is 22.4 Å². The molecule has 2 saturated heterocycles. The molecule has 0 bridgehead atoms. The molecule has 2 aliphatic heterocycles. The van der Waals surface area contributed by atoms with E-state index in [-0.39, 0.29) is 42.1 Å². The Bertz CT molecular complexity index is 1260. The smallest absolute Gasteiger partial charge is 0.301 e. The van der Waals surface area contributed by atoms with Gasteiger partial charge in [0.15, 0.2) is 0 Å². The lowest BCUT2D eigenvalue weighted by Gasteiger charge is -2.14. The summed E-state index contributed by atoms with van der Waals surface area (Å²) in [5.41, 5.74) is -0.988. The Kier molecular flexibility index (Phi) is 4.71. The number of halogens is 6. The van der Waals surface area contributed by atoms with Gasteiger partial charge in [-0.25, -0.2) is 0 Å². The van der Waals surface area contributed by atoms with Crippen LogP contribution in [0.4, 0.5) is 37.7 Å². The number of carbonyl (C=O) groups excluding carboxylic acids is 2. The highest BCUT2D eigenvalue weighted by Gasteiger charge is 2.37. The van der Waals surface area contributed by atoms with Crippen LogP contribution in [0.5, 0.6) is 0 Å². The third-order valence-electron chi connectivity index (χ3n) is 5.49. The summed E-state index contributed by atoms with van der Waals surface area (Å²) < 4.78 is 79.0. The van der Waals surface area contributed by atoms with Gasteiger partial charge in [0.25, 0.3) is 0 Å². The number of hydrogen-bond acceptors (Lipinski definition) is 3. The highest BCUT2D eigenvalue weighted by atomic mass is 19.4. The van der Waals surface area contributed by atoms with Crippen molar-refractivity contribution >= 4 is 23.2 Å². The summed E-state index contributed by atoms with van der Waals surface area (Å²) in [4.78, 5) is 30.3. The monoisotopic (exact) mass is 477 g/mol. The van der Waals surface area contributed by atoms with Gasteiger partial charge in [-0.05, 0) is 48.0 Å². The first-order valence-corrected chi connectivity index (χ1v) is 9.92. The molecule has 3 aromatic rings. The van der Waals surface area contributed by atoms with E-state index in [9.17, 15) is 35.9 Å². The third kappa shape index (κ3) is 4.20. The van der Waals surface area contributed by atoms with Gasteiger partial charge < -0.3 is 9.80 Å². The molecule has 5 rings (SSSR count). The minimum absolute atomic E-state index is 0.0685. The zero-order valence-electron chi connectivity index (χ0n) is 17.0. The van der Waals surface area contributed by atoms with Crippen LogP contribution in [0, 0.1) is 0 Å². The van der Waals surface area contributed by atoms with Crippen LogP contribution in [0.25, 0.3) is 22.4 Å². The molecule has 0 unspecified atom stereocenters. The topological polar surface area (TPSA) is 53.0 Å². The zero-order chi connectivity index (χ0) is 24.4. The molecule has 11 heteroatoms. The van der Waals surface area contributed by atoms with Crippen LogP contribution in [0.1, 0.15) is 11.1 Å². The van der Waals surface area contributed by atoms with Crippen LogP contribution in [-0.2, 0) is 21.9 Å². The number of nitrogens with zero attached hydrogens (tertiary/aromatic N) is 3. The van der Waals surface area contributed by atoms with Crippen LogP contribution in [0.3, 0.4) is 0 Å². The molecular weight excluding hydrogens is 464 g/mol. The van der Waals surface area contributed by atoms with Crippen molar-refractivity contribution in [3.05, 3.63) is 65.9 Å². The minimum atomic E-state index is -4.95. The summed E-state index contributed by atoms with van der Waals surface area (Å²) in [7, 11) is 0. The highest BCUT2D eigenvalue weighted by molar-refractivity contribution is 6.15. The predicted molar refractivity (Wildman–Crippen MR) is 110 cm³/mol. The Morgan fingerprint density at radius 1 is 0.647 bits per heavy atom. The van der Waals surface area contributed by atoms with Crippen LogP contribution in [0.15, 0.2) is 54.7 Å². The van der Waals surface area contributed by atoms with E-state index in [2.05, 4.69) is 4.98 Å². The highest BCUT2D eigenvalue weighted by Crippen LogP contribution is 2.39. The molecule has 2 fully saturated rings. The Morgan fingerprint density at radius 2 is 1.15 bits per heavy atom. The first kappa shape index (κ1) is 21.9. The van der Waals surface area contributed by atoms with Gasteiger partial charge in [-0.15, -0.1) is 0 Å². The van der Waals surface area contributed by atoms with Gasteiger partial charge in [0.05, 0.1) is 16.8 Å². The molecule has 34 heavy (non-hydrogen) atoms. The average molecular weight is 477 g/mol. The van der Waals surface area contributed by atoms with Crippen LogP contribution < -0.4 is 9.80 Å². The number of pyridine rings is 1. The maximum absolute atomic E-state index is 13.2. The number of amides is 2. The molecule has 174 valence electrons. The number of carbonyl (C=O) groups is 2.